The third-order valence-corrected chi connectivity index (χ3v) is 4.32. The van der Waals surface area contributed by atoms with Crippen LogP contribution in [0.2, 0.25) is 0 Å². The summed E-state index contributed by atoms with van der Waals surface area (Å²) in [6, 6.07) is 8.43. The van der Waals surface area contributed by atoms with E-state index in [1.165, 1.54) is 5.56 Å². The number of ether oxygens (including phenoxy) is 1. The van der Waals surface area contributed by atoms with Crippen LogP contribution in [0.1, 0.15) is 52.5 Å². The molecule has 0 saturated carbocycles. The van der Waals surface area contributed by atoms with Crippen LogP contribution in [0.5, 0.6) is 5.75 Å². The van der Waals surface area contributed by atoms with Crippen molar-refractivity contribution in [3.63, 3.8) is 0 Å². The number of para-hydroxylation sites is 1. The molecule has 0 aliphatic heterocycles. The molecule has 3 nitrogen and oxygen atoms in total. The summed E-state index contributed by atoms with van der Waals surface area (Å²) in [6.07, 6.45) is 1.32. The van der Waals surface area contributed by atoms with E-state index in [0.717, 1.165) is 44.9 Å². The molecule has 1 rings (SSSR count). The zero-order valence-electron chi connectivity index (χ0n) is 15.1. The molecule has 1 aromatic carbocycles. The lowest BCUT2D eigenvalue weighted by Crippen LogP contribution is -2.36. The second kappa shape index (κ2) is 10.6. The van der Waals surface area contributed by atoms with Gasteiger partial charge in [0.05, 0.1) is 0 Å². The van der Waals surface area contributed by atoms with Gasteiger partial charge in [-0.1, -0.05) is 45.9 Å². The molecule has 126 valence electrons. The molecule has 0 heterocycles. The molecular formula is C19H34N2O. The van der Waals surface area contributed by atoms with Gasteiger partial charge >= 0.3 is 0 Å². The van der Waals surface area contributed by atoms with Crippen LogP contribution >= 0.6 is 0 Å². The zero-order valence-corrected chi connectivity index (χ0v) is 15.1. The molecule has 0 bridgehead atoms. The monoisotopic (exact) mass is 306 g/mol. The van der Waals surface area contributed by atoms with Crippen molar-refractivity contribution in [1.29, 1.82) is 0 Å². The summed E-state index contributed by atoms with van der Waals surface area (Å²) in [5, 5.41) is 3.50. The van der Waals surface area contributed by atoms with Gasteiger partial charge in [-0.05, 0) is 44.0 Å². The van der Waals surface area contributed by atoms with E-state index >= 15 is 0 Å². The number of benzene rings is 1. The second-order valence-electron chi connectivity index (χ2n) is 6.01. The van der Waals surface area contributed by atoms with E-state index < -0.39 is 0 Å². The average molecular weight is 306 g/mol. The maximum Gasteiger partial charge on any atom is 0.123 e. The Morgan fingerprint density at radius 3 is 2.41 bits per heavy atom. The maximum absolute atomic E-state index is 6.15. The van der Waals surface area contributed by atoms with Gasteiger partial charge in [0.1, 0.15) is 11.9 Å². The highest BCUT2D eigenvalue weighted by Gasteiger charge is 2.12. The number of rotatable bonds is 11. The lowest BCUT2D eigenvalue weighted by atomic mass is 9.98. The van der Waals surface area contributed by atoms with Crippen LogP contribution in [0, 0.1) is 0 Å². The number of likely N-dealkylation sites (N-methyl/N-ethyl adjacent to an activating group) is 1. The SMILES string of the molecule is CCC(C)c1ccccc1OC(C)CNCCN(CC)CC. The van der Waals surface area contributed by atoms with E-state index in [1.54, 1.807) is 0 Å². The highest BCUT2D eigenvalue weighted by atomic mass is 16.5. The van der Waals surface area contributed by atoms with Gasteiger partial charge in [-0.15, -0.1) is 0 Å². The first kappa shape index (κ1) is 19.0. The molecule has 22 heavy (non-hydrogen) atoms. The first-order valence-corrected chi connectivity index (χ1v) is 8.80. The largest absolute Gasteiger partial charge is 0.489 e. The number of hydrogen-bond donors (Lipinski definition) is 1. The second-order valence-corrected chi connectivity index (χ2v) is 6.01. The summed E-state index contributed by atoms with van der Waals surface area (Å²) in [6.45, 7) is 16.3. The molecule has 1 aromatic rings. The Morgan fingerprint density at radius 1 is 1.09 bits per heavy atom. The number of hydrogen-bond acceptors (Lipinski definition) is 3. The quantitative estimate of drug-likeness (QED) is 0.628. The molecule has 1 N–H and O–H groups in total. The standard InChI is InChI=1S/C19H34N2O/c1-6-16(4)18-11-9-10-12-19(18)22-17(5)15-20-13-14-21(7-2)8-3/h9-12,16-17,20H,6-8,13-15H2,1-5H3. The smallest absolute Gasteiger partial charge is 0.123 e. The first-order chi connectivity index (χ1) is 10.6. The van der Waals surface area contributed by atoms with Crippen LogP contribution in [0.3, 0.4) is 0 Å². The molecule has 0 fully saturated rings. The molecule has 2 unspecified atom stereocenters. The van der Waals surface area contributed by atoms with Gasteiger partial charge < -0.3 is 15.0 Å². The topological polar surface area (TPSA) is 24.5 Å². The predicted octanol–water partition coefficient (Wildman–Crippen LogP) is 3.90. The van der Waals surface area contributed by atoms with Crippen LogP contribution in [0.15, 0.2) is 24.3 Å². The summed E-state index contributed by atoms with van der Waals surface area (Å²) in [4.78, 5) is 2.43. The molecule has 3 heteroatoms. The van der Waals surface area contributed by atoms with Crippen molar-refractivity contribution in [2.24, 2.45) is 0 Å². The van der Waals surface area contributed by atoms with Gasteiger partial charge in [0, 0.05) is 19.6 Å². The van der Waals surface area contributed by atoms with Gasteiger partial charge in [-0.25, -0.2) is 0 Å². The fourth-order valence-corrected chi connectivity index (χ4v) is 2.56. The molecule has 0 amide bonds. The van der Waals surface area contributed by atoms with Gasteiger partial charge in [0.15, 0.2) is 0 Å². The van der Waals surface area contributed by atoms with E-state index in [9.17, 15) is 0 Å². The van der Waals surface area contributed by atoms with Crippen molar-refractivity contribution in [3.05, 3.63) is 29.8 Å². The Kier molecular flexibility index (Phi) is 9.17. The molecule has 0 aliphatic rings. The molecule has 2 atom stereocenters. The summed E-state index contributed by atoms with van der Waals surface area (Å²) < 4.78 is 6.15. The molecule has 0 spiro atoms. The fourth-order valence-electron chi connectivity index (χ4n) is 2.56. The Bertz CT molecular complexity index is 404. The van der Waals surface area contributed by atoms with Gasteiger partial charge in [-0.3, -0.25) is 0 Å². The van der Waals surface area contributed by atoms with Crippen LogP contribution in [0.4, 0.5) is 0 Å². The van der Waals surface area contributed by atoms with Crippen molar-refractivity contribution in [2.75, 3.05) is 32.7 Å². The van der Waals surface area contributed by atoms with Crippen molar-refractivity contribution in [1.82, 2.24) is 10.2 Å². The Balaban J connectivity index is 2.41. The summed E-state index contributed by atoms with van der Waals surface area (Å²) >= 11 is 0. The summed E-state index contributed by atoms with van der Waals surface area (Å²) in [5.74, 6) is 1.58. The lowest BCUT2D eigenvalue weighted by molar-refractivity contribution is 0.210. The van der Waals surface area contributed by atoms with Crippen LogP contribution < -0.4 is 10.1 Å². The van der Waals surface area contributed by atoms with Gasteiger partial charge in [0.25, 0.3) is 0 Å². The number of nitrogens with zero attached hydrogens (tertiary/aromatic N) is 1. The molecule has 0 saturated heterocycles. The van der Waals surface area contributed by atoms with Crippen molar-refractivity contribution in [2.45, 2.75) is 53.1 Å². The van der Waals surface area contributed by atoms with E-state index in [1.807, 2.05) is 0 Å². The fraction of sp³-hybridized carbons (Fsp3) is 0.684. The average Bonchev–Trinajstić information content (AvgIpc) is 2.55. The highest BCUT2D eigenvalue weighted by Crippen LogP contribution is 2.28. The third kappa shape index (κ3) is 6.37. The summed E-state index contributed by atoms with van der Waals surface area (Å²) in [7, 11) is 0. The van der Waals surface area contributed by atoms with Gasteiger partial charge in [0.2, 0.25) is 0 Å². The lowest BCUT2D eigenvalue weighted by Gasteiger charge is -2.21. The van der Waals surface area contributed by atoms with E-state index in [2.05, 4.69) is 69.1 Å². The van der Waals surface area contributed by atoms with Crippen LogP contribution in [0.25, 0.3) is 0 Å². The van der Waals surface area contributed by atoms with Crippen molar-refractivity contribution >= 4 is 0 Å². The maximum atomic E-state index is 6.15. The Morgan fingerprint density at radius 2 is 1.77 bits per heavy atom. The Labute approximate surface area is 137 Å². The summed E-state index contributed by atoms with van der Waals surface area (Å²) in [5.41, 5.74) is 1.32. The van der Waals surface area contributed by atoms with Crippen molar-refractivity contribution < 1.29 is 4.74 Å². The van der Waals surface area contributed by atoms with Crippen LogP contribution in [-0.4, -0.2) is 43.7 Å². The number of nitrogens with one attached hydrogen (secondary N) is 1. The first-order valence-electron chi connectivity index (χ1n) is 8.80. The zero-order chi connectivity index (χ0) is 16.4. The third-order valence-electron chi connectivity index (χ3n) is 4.32. The normalized spacial score (nSPS) is 14.1. The van der Waals surface area contributed by atoms with Crippen molar-refractivity contribution in [3.8, 4) is 5.75 Å². The molecule has 0 radical (unpaired) electrons. The van der Waals surface area contributed by atoms with E-state index in [0.29, 0.717) is 5.92 Å². The minimum atomic E-state index is 0.182. The van der Waals surface area contributed by atoms with Gasteiger partial charge in [-0.2, -0.15) is 0 Å². The molecular weight excluding hydrogens is 272 g/mol. The minimum absolute atomic E-state index is 0.182. The molecule has 0 aromatic heterocycles. The predicted molar refractivity (Wildman–Crippen MR) is 95.9 cm³/mol. The van der Waals surface area contributed by atoms with Crippen LogP contribution in [-0.2, 0) is 0 Å². The van der Waals surface area contributed by atoms with E-state index in [4.69, 9.17) is 4.74 Å². The highest BCUT2D eigenvalue weighted by molar-refractivity contribution is 5.36. The Hall–Kier alpha value is -1.06. The minimum Gasteiger partial charge on any atom is -0.489 e. The van der Waals surface area contributed by atoms with E-state index in [-0.39, 0.29) is 6.10 Å². The molecule has 0 aliphatic carbocycles.